The van der Waals surface area contributed by atoms with Gasteiger partial charge in [-0.1, -0.05) is 13.8 Å². The Morgan fingerprint density at radius 2 is 2.06 bits per heavy atom. The lowest BCUT2D eigenvalue weighted by molar-refractivity contribution is -0.151. The number of carbonyl (C=O) groups is 1. The third-order valence-corrected chi connectivity index (χ3v) is 4.77. The van der Waals surface area contributed by atoms with Gasteiger partial charge in [0.05, 0.1) is 5.75 Å². The first kappa shape index (κ1) is 15.8. The van der Waals surface area contributed by atoms with Crippen molar-refractivity contribution in [2.45, 2.75) is 64.4 Å². The molecule has 1 aliphatic rings. The monoisotopic (exact) mass is 273 g/mol. The minimum Gasteiger partial charge on any atom is -0.459 e. The topological polar surface area (TPSA) is 38.3 Å². The molecule has 0 radical (unpaired) electrons. The third-order valence-electron chi connectivity index (χ3n) is 3.43. The van der Waals surface area contributed by atoms with Crippen LogP contribution in [0, 0.1) is 5.41 Å². The summed E-state index contributed by atoms with van der Waals surface area (Å²) in [6.45, 7) is 10.3. The van der Waals surface area contributed by atoms with Crippen LogP contribution in [0.3, 0.4) is 0 Å². The van der Waals surface area contributed by atoms with Gasteiger partial charge in [0.1, 0.15) is 5.60 Å². The van der Waals surface area contributed by atoms with Crippen molar-refractivity contribution < 1.29 is 9.53 Å². The van der Waals surface area contributed by atoms with E-state index in [4.69, 9.17) is 4.74 Å². The van der Waals surface area contributed by atoms with Gasteiger partial charge in [0.25, 0.3) is 0 Å². The Balaban J connectivity index is 2.43. The maximum absolute atomic E-state index is 11.7. The second-order valence-electron chi connectivity index (χ2n) is 6.73. The van der Waals surface area contributed by atoms with Crippen LogP contribution < -0.4 is 5.32 Å². The summed E-state index contributed by atoms with van der Waals surface area (Å²) < 4.78 is 5.34. The molecule has 4 heteroatoms. The largest absolute Gasteiger partial charge is 0.459 e. The first-order valence-electron chi connectivity index (χ1n) is 6.66. The van der Waals surface area contributed by atoms with E-state index in [2.05, 4.69) is 19.2 Å². The molecule has 0 aromatic carbocycles. The lowest BCUT2D eigenvalue weighted by atomic mass is 9.87. The highest BCUT2D eigenvalue weighted by molar-refractivity contribution is 8.00. The molecule has 0 aromatic rings. The molecule has 0 spiro atoms. The summed E-state index contributed by atoms with van der Waals surface area (Å²) >= 11 is 1.73. The van der Waals surface area contributed by atoms with Crippen LogP contribution >= 0.6 is 11.8 Å². The molecule has 1 rings (SSSR count). The van der Waals surface area contributed by atoms with Gasteiger partial charge in [0.15, 0.2) is 0 Å². The maximum Gasteiger partial charge on any atom is 0.316 e. The second-order valence-corrected chi connectivity index (χ2v) is 7.96. The first-order valence-corrected chi connectivity index (χ1v) is 7.71. The molecular formula is C14H27NO2S. The number of rotatable bonds is 4. The number of thioether (sulfide) groups is 1. The van der Waals surface area contributed by atoms with Crippen LogP contribution in [0.25, 0.3) is 0 Å². The predicted octanol–water partition coefficient (Wildman–Crippen LogP) is 2.84. The zero-order chi connectivity index (χ0) is 14.0. The van der Waals surface area contributed by atoms with E-state index in [9.17, 15) is 4.79 Å². The molecule has 106 valence electrons. The zero-order valence-electron chi connectivity index (χ0n) is 12.5. The number of esters is 1. The van der Waals surface area contributed by atoms with Crippen molar-refractivity contribution in [1.29, 1.82) is 0 Å². The Morgan fingerprint density at radius 3 is 2.56 bits per heavy atom. The van der Waals surface area contributed by atoms with Crippen LogP contribution in [0.5, 0.6) is 0 Å². The molecule has 0 aromatic heterocycles. The Labute approximate surface area is 115 Å². The molecule has 2 atom stereocenters. The van der Waals surface area contributed by atoms with E-state index in [-0.39, 0.29) is 11.6 Å². The summed E-state index contributed by atoms with van der Waals surface area (Å²) in [5, 5.41) is 3.91. The van der Waals surface area contributed by atoms with Crippen molar-refractivity contribution in [3.8, 4) is 0 Å². The minimum atomic E-state index is -0.380. The average molecular weight is 273 g/mol. The van der Waals surface area contributed by atoms with E-state index in [1.165, 1.54) is 12.8 Å². The summed E-state index contributed by atoms with van der Waals surface area (Å²) in [6.07, 6.45) is 2.39. The standard InChI is InChI=1S/C14H27NO2S/c1-13(2,3)17-11(16)9-18-10-7-8-14(4,5)12(10)15-6/h10,12,15H,7-9H2,1-6H3. The Morgan fingerprint density at radius 1 is 1.44 bits per heavy atom. The van der Waals surface area contributed by atoms with Crippen LogP contribution in [0.15, 0.2) is 0 Å². The highest BCUT2D eigenvalue weighted by Crippen LogP contribution is 2.42. The fourth-order valence-electron chi connectivity index (χ4n) is 2.64. The molecule has 2 unspecified atom stereocenters. The quantitative estimate of drug-likeness (QED) is 0.799. The Bertz CT molecular complexity index is 297. The number of hydrogen-bond donors (Lipinski definition) is 1. The summed E-state index contributed by atoms with van der Waals surface area (Å²) in [5.41, 5.74) is -0.0602. The van der Waals surface area contributed by atoms with Gasteiger partial charge in [-0.3, -0.25) is 4.79 Å². The second kappa shape index (κ2) is 5.83. The number of nitrogens with one attached hydrogen (secondary N) is 1. The van der Waals surface area contributed by atoms with Crippen LogP contribution in [0.4, 0.5) is 0 Å². The molecule has 18 heavy (non-hydrogen) atoms. The summed E-state index contributed by atoms with van der Waals surface area (Å²) in [5.74, 6) is 0.350. The summed E-state index contributed by atoms with van der Waals surface area (Å²) in [4.78, 5) is 11.7. The molecule has 0 bridgehead atoms. The van der Waals surface area contributed by atoms with E-state index >= 15 is 0 Å². The van der Waals surface area contributed by atoms with E-state index < -0.39 is 0 Å². The molecule has 1 aliphatic carbocycles. The fourth-order valence-corrected chi connectivity index (χ4v) is 4.03. The molecule has 3 nitrogen and oxygen atoms in total. The normalized spacial score (nSPS) is 27.2. The first-order chi connectivity index (χ1) is 8.15. The van der Waals surface area contributed by atoms with Gasteiger partial charge in [-0.2, -0.15) is 0 Å². The molecule has 0 heterocycles. The highest BCUT2D eigenvalue weighted by Gasteiger charge is 2.41. The minimum absolute atomic E-state index is 0.105. The van der Waals surface area contributed by atoms with Crippen LogP contribution in [-0.2, 0) is 9.53 Å². The van der Waals surface area contributed by atoms with Crippen LogP contribution in [0.1, 0.15) is 47.5 Å². The van der Waals surface area contributed by atoms with E-state index in [0.717, 1.165) is 0 Å². The lowest BCUT2D eigenvalue weighted by Gasteiger charge is -2.30. The van der Waals surface area contributed by atoms with Gasteiger partial charge in [0, 0.05) is 11.3 Å². The Kier molecular flexibility index (Phi) is 5.13. The van der Waals surface area contributed by atoms with Gasteiger partial charge < -0.3 is 10.1 Å². The molecule has 0 saturated heterocycles. The van der Waals surface area contributed by atoms with Gasteiger partial charge in [-0.15, -0.1) is 11.8 Å². The Hall–Kier alpha value is -0.220. The highest BCUT2D eigenvalue weighted by atomic mass is 32.2. The van der Waals surface area contributed by atoms with Gasteiger partial charge in [0.2, 0.25) is 0 Å². The number of ether oxygens (including phenoxy) is 1. The fraction of sp³-hybridized carbons (Fsp3) is 0.929. The third kappa shape index (κ3) is 4.47. The van der Waals surface area contributed by atoms with Gasteiger partial charge in [-0.25, -0.2) is 0 Å². The van der Waals surface area contributed by atoms with Crippen molar-refractivity contribution in [3.63, 3.8) is 0 Å². The van der Waals surface area contributed by atoms with Crippen LogP contribution in [-0.4, -0.2) is 35.7 Å². The van der Waals surface area contributed by atoms with Crippen molar-refractivity contribution >= 4 is 17.7 Å². The molecule has 0 amide bonds. The number of carbonyl (C=O) groups excluding carboxylic acids is 1. The predicted molar refractivity (Wildman–Crippen MR) is 78.0 cm³/mol. The van der Waals surface area contributed by atoms with Crippen LogP contribution in [0.2, 0.25) is 0 Å². The van der Waals surface area contributed by atoms with Crippen molar-refractivity contribution in [2.24, 2.45) is 5.41 Å². The average Bonchev–Trinajstić information content (AvgIpc) is 2.47. The van der Waals surface area contributed by atoms with Gasteiger partial charge in [-0.05, 0) is 46.1 Å². The van der Waals surface area contributed by atoms with E-state index in [1.54, 1.807) is 11.8 Å². The molecule has 1 N–H and O–H groups in total. The summed E-state index contributed by atoms with van der Waals surface area (Å²) in [7, 11) is 2.01. The molecular weight excluding hydrogens is 246 g/mol. The molecule has 1 fully saturated rings. The van der Waals surface area contributed by atoms with Crippen molar-refractivity contribution in [3.05, 3.63) is 0 Å². The smallest absolute Gasteiger partial charge is 0.316 e. The molecule has 1 saturated carbocycles. The maximum atomic E-state index is 11.7. The SMILES string of the molecule is CNC1C(SCC(=O)OC(C)(C)C)CCC1(C)C. The van der Waals surface area contributed by atoms with E-state index in [0.29, 0.717) is 22.5 Å². The van der Waals surface area contributed by atoms with Crippen molar-refractivity contribution in [1.82, 2.24) is 5.32 Å². The number of hydrogen-bond acceptors (Lipinski definition) is 4. The zero-order valence-corrected chi connectivity index (χ0v) is 13.3. The van der Waals surface area contributed by atoms with E-state index in [1.807, 2.05) is 27.8 Å². The lowest BCUT2D eigenvalue weighted by Crippen LogP contribution is -2.41. The van der Waals surface area contributed by atoms with Crippen molar-refractivity contribution in [2.75, 3.05) is 12.8 Å². The summed E-state index contributed by atoms with van der Waals surface area (Å²) in [6, 6.07) is 0.477. The molecule has 0 aliphatic heterocycles. The van der Waals surface area contributed by atoms with Gasteiger partial charge >= 0.3 is 5.97 Å².